The number of nitro groups is 1. The van der Waals surface area contributed by atoms with Crippen LogP contribution in [0.2, 0.25) is 0 Å². The Morgan fingerprint density at radius 1 is 1.32 bits per heavy atom. The molecule has 0 spiro atoms. The number of anilines is 1. The van der Waals surface area contributed by atoms with E-state index in [0.717, 1.165) is 12.1 Å². The molecule has 1 aromatic rings. The molecule has 104 valence electrons. The van der Waals surface area contributed by atoms with Crippen LogP contribution in [0.3, 0.4) is 0 Å². The first-order chi connectivity index (χ1) is 9.00. The SMILES string of the molecule is Cc1ccc(NCC2(C)CCCCC2)c([N+](=O)[O-])c1. The number of aryl methyl sites for hydroxylation is 1. The Balaban J connectivity index is 2.08. The van der Waals surface area contributed by atoms with E-state index in [9.17, 15) is 10.1 Å². The molecule has 0 radical (unpaired) electrons. The van der Waals surface area contributed by atoms with Gasteiger partial charge in [-0.25, -0.2) is 0 Å². The molecule has 0 saturated heterocycles. The van der Waals surface area contributed by atoms with Crippen LogP contribution in [0.5, 0.6) is 0 Å². The number of hydrogen-bond donors (Lipinski definition) is 1. The second-order valence-corrected chi connectivity index (χ2v) is 6.00. The summed E-state index contributed by atoms with van der Waals surface area (Å²) in [7, 11) is 0. The number of rotatable bonds is 4. The van der Waals surface area contributed by atoms with E-state index in [0.29, 0.717) is 5.69 Å². The third-order valence-electron chi connectivity index (χ3n) is 4.12. The van der Waals surface area contributed by atoms with E-state index >= 15 is 0 Å². The van der Waals surface area contributed by atoms with Crippen molar-refractivity contribution in [2.45, 2.75) is 46.0 Å². The summed E-state index contributed by atoms with van der Waals surface area (Å²) in [4.78, 5) is 10.8. The smallest absolute Gasteiger partial charge is 0.292 e. The normalized spacial score (nSPS) is 18.0. The van der Waals surface area contributed by atoms with E-state index in [-0.39, 0.29) is 16.0 Å². The fourth-order valence-corrected chi connectivity index (χ4v) is 2.83. The highest BCUT2D eigenvalue weighted by Crippen LogP contribution is 2.36. The van der Waals surface area contributed by atoms with Gasteiger partial charge in [0.05, 0.1) is 4.92 Å². The lowest BCUT2D eigenvalue weighted by Gasteiger charge is -2.33. The van der Waals surface area contributed by atoms with Crippen molar-refractivity contribution in [1.29, 1.82) is 0 Å². The fourth-order valence-electron chi connectivity index (χ4n) is 2.83. The van der Waals surface area contributed by atoms with E-state index in [1.165, 1.54) is 32.1 Å². The molecule has 0 amide bonds. The Morgan fingerprint density at radius 2 is 2.00 bits per heavy atom. The van der Waals surface area contributed by atoms with E-state index in [1.54, 1.807) is 6.07 Å². The molecule has 0 aromatic heterocycles. The Morgan fingerprint density at radius 3 is 2.63 bits per heavy atom. The van der Waals surface area contributed by atoms with Crippen molar-refractivity contribution in [3.05, 3.63) is 33.9 Å². The van der Waals surface area contributed by atoms with Crippen LogP contribution in [0, 0.1) is 22.5 Å². The molecule has 1 N–H and O–H groups in total. The minimum absolute atomic E-state index is 0.180. The molecular formula is C15H22N2O2. The van der Waals surface area contributed by atoms with Gasteiger partial charge in [-0.1, -0.05) is 32.3 Å². The molecule has 0 bridgehead atoms. The van der Waals surface area contributed by atoms with Crippen molar-refractivity contribution >= 4 is 11.4 Å². The summed E-state index contributed by atoms with van der Waals surface area (Å²) < 4.78 is 0. The summed E-state index contributed by atoms with van der Waals surface area (Å²) >= 11 is 0. The first-order valence-electron chi connectivity index (χ1n) is 6.99. The Hall–Kier alpha value is -1.58. The second kappa shape index (κ2) is 5.59. The lowest BCUT2D eigenvalue weighted by Crippen LogP contribution is -2.29. The molecule has 0 atom stereocenters. The van der Waals surface area contributed by atoms with Crippen LogP contribution < -0.4 is 5.32 Å². The standard InChI is InChI=1S/C15H22N2O2/c1-12-6-7-13(14(10-12)17(18)19)16-11-15(2)8-4-3-5-9-15/h6-7,10,16H,3-5,8-9,11H2,1-2H3. The maximum Gasteiger partial charge on any atom is 0.292 e. The summed E-state index contributed by atoms with van der Waals surface area (Å²) in [5, 5.41) is 14.4. The molecule has 19 heavy (non-hydrogen) atoms. The largest absolute Gasteiger partial charge is 0.379 e. The lowest BCUT2D eigenvalue weighted by atomic mass is 9.76. The van der Waals surface area contributed by atoms with Crippen molar-refractivity contribution in [3.63, 3.8) is 0 Å². The molecular weight excluding hydrogens is 240 g/mol. The zero-order chi connectivity index (χ0) is 13.9. The van der Waals surface area contributed by atoms with Gasteiger partial charge < -0.3 is 5.32 Å². The Labute approximate surface area is 114 Å². The summed E-state index contributed by atoms with van der Waals surface area (Å²) in [6.07, 6.45) is 6.28. The van der Waals surface area contributed by atoms with Gasteiger partial charge in [0.25, 0.3) is 5.69 Å². The minimum Gasteiger partial charge on any atom is -0.379 e. The molecule has 1 aliphatic rings. The molecule has 0 unspecified atom stereocenters. The van der Waals surface area contributed by atoms with Crippen LogP contribution in [-0.4, -0.2) is 11.5 Å². The molecule has 1 fully saturated rings. The lowest BCUT2D eigenvalue weighted by molar-refractivity contribution is -0.384. The van der Waals surface area contributed by atoms with Crippen LogP contribution in [0.25, 0.3) is 0 Å². The number of benzene rings is 1. The van der Waals surface area contributed by atoms with Crippen LogP contribution in [0.15, 0.2) is 18.2 Å². The fraction of sp³-hybridized carbons (Fsp3) is 0.600. The predicted molar refractivity (Wildman–Crippen MR) is 77.5 cm³/mol. The maximum absolute atomic E-state index is 11.1. The predicted octanol–water partition coefficient (Wildman–Crippen LogP) is 4.29. The van der Waals surface area contributed by atoms with E-state index < -0.39 is 0 Å². The maximum atomic E-state index is 11.1. The summed E-state index contributed by atoms with van der Waals surface area (Å²) in [5.41, 5.74) is 2.01. The van der Waals surface area contributed by atoms with Crippen LogP contribution in [0.4, 0.5) is 11.4 Å². The highest BCUT2D eigenvalue weighted by Gasteiger charge is 2.27. The van der Waals surface area contributed by atoms with Crippen LogP contribution >= 0.6 is 0 Å². The average molecular weight is 262 g/mol. The molecule has 0 heterocycles. The Kier molecular flexibility index (Phi) is 4.08. The van der Waals surface area contributed by atoms with Crippen molar-refractivity contribution in [1.82, 2.24) is 0 Å². The van der Waals surface area contributed by atoms with Gasteiger partial charge in [-0.2, -0.15) is 0 Å². The highest BCUT2D eigenvalue weighted by molar-refractivity contribution is 5.62. The van der Waals surface area contributed by atoms with Gasteiger partial charge in [-0.15, -0.1) is 0 Å². The highest BCUT2D eigenvalue weighted by atomic mass is 16.6. The third-order valence-corrected chi connectivity index (χ3v) is 4.12. The van der Waals surface area contributed by atoms with Gasteiger partial charge in [0, 0.05) is 12.6 Å². The zero-order valence-electron chi connectivity index (χ0n) is 11.7. The van der Waals surface area contributed by atoms with Gasteiger partial charge in [-0.3, -0.25) is 10.1 Å². The molecule has 1 saturated carbocycles. The van der Waals surface area contributed by atoms with Gasteiger partial charge in [0.15, 0.2) is 0 Å². The summed E-state index contributed by atoms with van der Waals surface area (Å²) in [6.45, 7) is 4.97. The topological polar surface area (TPSA) is 55.2 Å². The second-order valence-electron chi connectivity index (χ2n) is 6.00. The van der Waals surface area contributed by atoms with Crippen molar-refractivity contribution in [3.8, 4) is 0 Å². The molecule has 2 rings (SSSR count). The molecule has 1 aliphatic carbocycles. The van der Waals surface area contributed by atoms with Crippen LogP contribution in [-0.2, 0) is 0 Å². The zero-order valence-corrected chi connectivity index (χ0v) is 11.7. The number of hydrogen-bond acceptors (Lipinski definition) is 3. The van der Waals surface area contributed by atoms with E-state index in [4.69, 9.17) is 0 Å². The van der Waals surface area contributed by atoms with Crippen molar-refractivity contribution in [2.75, 3.05) is 11.9 Å². The number of nitrogens with one attached hydrogen (secondary N) is 1. The molecule has 1 aromatic carbocycles. The average Bonchev–Trinajstić information content (AvgIpc) is 2.38. The van der Waals surface area contributed by atoms with Crippen molar-refractivity contribution in [2.24, 2.45) is 5.41 Å². The van der Waals surface area contributed by atoms with Crippen LogP contribution in [0.1, 0.15) is 44.6 Å². The Bertz CT molecular complexity index is 465. The van der Waals surface area contributed by atoms with E-state index in [2.05, 4.69) is 12.2 Å². The minimum atomic E-state index is -0.307. The van der Waals surface area contributed by atoms with Gasteiger partial charge >= 0.3 is 0 Å². The third kappa shape index (κ3) is 3.46. The molecule has 4 heteroatoms. The van der Waals surface area contributed by atoms with Gasteiger partial charge in [0.1, 0.15) is 5.69 Å². The molecule has 0 aliphatic heterocycles. The first-order valence-corrected chi connectivity index (χ1v) is 6.99. The van der Waals surface area contributed by atoms with E-state index in [1.807, 2.05) is 19.1 Å². The molecule has 4 nitrogen and oxygen atoms in total. The monoisotopic (exact) mass is 262 g/mol. The van der Waals surface area contributed by atoms with Gasteiger partial charge in [0.2, 0.25) is 0 Å². The van der Waals surface area contributed by atoms with Crippen molar-refractivity contribution < 1.29 is 4.92 Å². The number of nitro benzene ring substituents is 1. The van der Waals surface area contributed by atoms with Gasteiger partial charge in [-0.05, 0) is 36.8 Å². The summed E-state index contributed by atoms with van der Waals surface area (Å²) in [5.74, 6) is 0. The first kappa shape index (κ1) is 13.8. The summed E-state index contributed by atoms with van der Waals surface area (Å²) in [6, 6.07) is 5.36. The number of nitrogens with zero attached hydrogens (tertiary/aromatic N) is 1. The quantitative estimate of drug-likeness (QED) is 0.650.